The summed E-state index contributed by atoms with van der Waals surface area (Å²) in [4.78, 5) is 17.7. The van der Waals surface area contributed by atoms with Gasteiger partial charge in [0.15, 0.2) is 0 Å². The van der Waals surface area contributed by atoms with Crippen LogP contribution in [0.5, 0.6) is 5.75 Å². The number of benzene rings is 2. The molecule has 33 heavy (non-hydrogen) atoms. The van der Waals surface area contributed by atoms with Crippen molar-refractivity contribution < 1.29 is 14.3 Å². The molecular weight excluding hydrogens is 463 g/mol. The second-order valence-corrected chi connectivity index (χ2v) is 8.93. The van der Waals surface area contributed by atoms with Crippen molar-refractivity contribution in [3.05, 3.63) is 69.3 Å². The van der Waals surface area contributed by atoms with E-state index in [2.05, 4.69) is 15.1 Å². The molecule has 1 atom stereocenters. The monoisotopic (exact) mass is 486 g/mol. The Morgan fingerprint density at radius 3 is 2.55 bits per heavy atom. The standard InChI is InChI=1S/C24H24Cl2N4O3/c1-32-17-5-2-15(3-6-17)21-20-22(28-27-21)24(31)30(9-8-29-10-12-33-13-11-29)23(20)16-4-7-18(25)19(26)14-16/h2-7,14,23H,8-13H2,1H3,(H,27,28). The molecule has 0 aliphatic carbocycles. The minimum Gasteiger partial charge on any atom is -0.497 e. The molecule has 0 spiro atoms. The van der Waals surface area contributed by atoms with Crippen molar-refractivity contribution in [1.29, 1.82) is 0 Å². The van der Waals surface area contributed by atoms with E-state index in [4.69, 9.17) is 32.7 Å². The zero-order chi connectivity index (χ0) is 22.9. The topological polar surface area (TPSA) is 70.7 Å². The predicted octanol–water partition coefficient (Wildman–Crippen LogP) is 4.27. The lowest BCUT2D eigenvalue weighted by atomic mass is 9.96. The number of amides is 1. The molecule has 3 heterocycles. The Kier molecular flexibility index (Phi) is 6.29. The smallest absolute Gasteiger partial charge is 0.273 e. The number of aromatic nitrogens is 2. The van der Waals surface area contributed by atoms with E-state index in [9.17, 15) is 4.79 Å². The fraction of sp³-hybridized carbons (Fsp3) is 0.333. The molecule has 7 nitrogen and oxygen atoms in total. The summed E-state index contributed by atoms with van der Waals surface area (Å²) >= 11 is 12.6. The van der Waals surface area contributed by atoms with E-state index in [0.717, 1.165) is 61.0 Å². The van der Waals surface area contributed by atoms with E-state index in [1.54, 1.807) is 13.2 Å². The number of halogens is 2. The number of nitrogens with one attached hydrogen (secondary N) is 1. The Hall–Kier alpha value is -2.58. The van der Waals surface area contributed by atoms with Crippen LogP contribution >= 0.6 is 23.2 Å². The van der Waals surface area contributed by atoms with Crippen LogP contribution < -0.4 is 4.74 Å². The summed E-state index contributed by atoms with van der Waals surface area (Å²) in [5, 5.41) is 8.44. The van der Waals surface area contributed by atoms with Gasteiger partial charge >= 0.3 is 0 Å². The Morgan fingerprint density at radius 1 is 1.09 bits per heavy atom. The number of nitrogens with zero attached hydrogens (tertiary/aromatic N) is 3. The molecule has 9 heteroatoms. The van der Waals surface area contributed by atoms with E-state index >= 15 is 0 Å². The molecule has 3 aromatic rings. The Bertz CT molecular complexity index is 1160. The summed E-state index contributed by atoms with van der Waals surface area (Å²) < 4.78 is 10.7. The molecule has 1 amide bonds. The third-order valence-corrected chi connectivity index (χ3v) is 6.99. The maximum atomic E-state index is 13.5. The number of rotatable bonds is 6. The highest BCUT2D eigenvalue weighted by atomic mass is 35.5. The molecule has 2 aromatic carbocycles. The molecular formula is C24H24Cl2N4O3. The van der Waals surface area contributed by atoms with Gasteiger partial charge in [0.2, 0.25) is 0 Å². The van der Waals surface area contributed by atoms with Crippen molar-refractivity contribution >= 4 is 29.1 Å². The fourth-order valence-electron chi connectivity index (χ4n) is 4.50. The minimum atomic E-state index is -0.320. The number of carbonyl (C=O) groups is 1. The van der Waals surface area contributed by atoms with Crippen LogP contribution in [0.15, 0.2) is 42.5 Å². The normalized spacial score (nSPS) is 18.6. The van der Waals surface area contributed by atoms with Gasteiger partial charge in [0, 0.05) is 37.3 Å². The Morgan fingerprint density at radius 2 is 1.85 bits per heavy atom. The van der Waals surface area contributed by atoms with Gasteiger partial charge in [0.05, 0.1) is 42.1 Å². The van der Waals surface area contributed by atoms with Crippen molar-refractivity contribution in [3.63, 3.8) is 0 Å². The first-order valence-electron chi connectivity index (χ1n) is 10.9. The molecule has 1 N–H and O–H groups in total. The van der Waals surface area contributed by atoms with E-state index in [1.807, 2.05) is 41.3 Å². The SMILES string of the molecule is COc1ccc(-c2n[nH]c3c2C(c2ccc(Cl)c(Cl)c2)N(CCN2CCOCC2)C3=O)cc1. The molecule has 1 aromatic heterocycles. The van der Waals surface area contributed by atoms with Gasteiger partial charge in [-0.3, -0.25) is 14.8 Å². The van der Waals surface area contributed by atoms with E-state index in [1.165, 1.54) is 0 Å². The number of carbonyl (C=O) groups excluding carboxylic acids is 1. The number of hydrogen-bond donors (Lipinski definition) is 1. The third kappa shape index (κ3) is 4.22. The van der Waals surface area contributed by atoms with E-state index < -0.39 is 0 Å². The minimum absolute atomic E-state index is 0.0680. The molecule has 1 fully saturated rings. The van der Waals surface area contributed by atoms with Crippen molar-refractivity contribution in [1.82, 2.24) is 20.0 Å². The van der Waals surface area contributed by atoms with Crippen LogP contribution in [-0.2, 0) is 4.74 Å². The Balaban J connectivity index is 1.54. The van der Waals surface area contributed by atoms with Gasteiger partial charge < -0.3 is 14.4 Å². The molecule has 172 valence electrons. The van der Waals surface area contributed by atoms with E-state index in [-0.39, 0.29) is 11.9 Å². The van der Waals surface area contributed by atoms with Crippen molar-refractivity contribution in [2.45, 2.75) is 6.04 Å². The van der Waals surface area contributed by atoms with Crippen LogP contribution in [0, 0.1) is 0 Å². The average Bonchev–Trinajstić information content (AvgIpc) is 3.39. The van der Waals surface area contributed by atoms with Gasteiger partial charge in [-0.1, -0.05) is 29.3 Å². The summed E-state index contributed by atoms with van der Waals surface area (Å²) in [6.07, 6.45) is 0. The van der Waals surface area contributed by atoms with Gasteiger partial charge in [-0.05, 0) is 42.0 Å². The summed E-state index contributed by atoms with van der Waals surface area (Å²) in [5.74, 6) is 0.691. The number of H-pyrrole nitrogens is 1. The molecule has 0 bridgehead atoms. The van der Waals surface area contributed by atoms with Gasteiger partial charge in [0.1, 0.15) is 11.4 Å². The molecule has 0 radical (unpaired) electrons. The molecule has 1 saturated heterocycles. The molecule has 2 aliphatic rings. The number of aromatic amines is 1. The maximum Gasteiger partial charge on any atom is 0.273 e. The first-order chi connectivity index (χ1) is 16.1. The quantitative estimate of drug-likeness (QED) is 0.563. The lowest BCUT2D eigenvalue weighted by Gasteiger charge is -2.31. The van der Waals surface area contributed by atoms with Crippen LogP contribution in [0.25, 0.3) is 11.3 Å². The number of ether oxygens (including phenoxy) is 2. The van der Waals surface area contributed by atoms with Crippen LogP contribution in [0.4, 0.5) is 0 Å². The van der Waals surface area contributed by atoms with Gasteiger partial charge in [0.25, 0.3) is 5.91 Å². The lowest BCUT2D eigenvalue weighted by molar-refractivity contribution is 0.0316. The number of fused-ring (bicyclic) bond motifs is 1. The average molecular weight is 487 g/mol. The first-order valence-corrected chi connectivity index (χ1v) is 11.6. The summed E-state index contributed by atoms with van der Waals surface area (Å²) in [7, 11) is 1.63. The number of morpholine rings is 1. The van der Waals surface area contributed by atoms with E-state index in [0.29, 0.717) is 22.3 Å². The predicted molar refractivity (Wildman–Crippen MR) is 127 cm³/mol. The van der Waals surface area contributed by atoms with Gasteiger partial charge in [-0.25, -0.2) is 0 Å². The Labute approximate surface area is 202 Å². The maximum absolute atomic E-state index is 13.5. The second kappa shape index (κ2) is 9.35. The number of methoxy groups -OCH3 is 1. The number of hydrogen-bond acceptors (Lipinski definition) is 5. The summed E-state index contributed by atoms with van der Waals surface area (Å²) in [6, 6.07) is 12.9. The molecule has 2 aliphatic heterocycles. The van der Waals surface area contributed by atoms with Crippen LogP contribution in [0.1, 0.15) is 27.7 Å². The summed E-state index contributed by atoms with van der Waals surface area (Å²) in [6.45, 7) is 4.51. The second-order valence-electron chi connectivity index (χ2n) is 8.12. The van der Waals surface area contributed by atoms with Gasteiger partial charge in [-0.15, -0.1) is 0 Å². The molecule has 1 unspecified atom stereocenters. The highest BCUT2D eigenvalue weighted by Crippen LogP contribution is 2.43. The highest BCUT2D eigenvalue weighted by Gasteiger charge is 2.42. The molecule has 0 saturated carbocycles. The van der Waals surface area contributed by atoms with Crippen molar-refractivity contribution in [2.24, 2.45) is 0 Å². The largest absolute Gasteiger partial charge is 0.497 e. The van der Waals surface area contributed by atoms with Crippen LogP contribution in [0.2, 0.25) is 10.0 Å². The van der Waals surface area contributed by atoms with Gasteiger partial charge in [-0.2, -0.15) is 5.10 Å². The highest BCUT2D eigenvalue weighted by molar-refractivity contribution is 6.42. The van der Waals surface area contributed by atoms with Crippen molar-refractivity contribution in [3.8, 4) is 17.0 Å². The zero-order valence-electron chi connectivity index (χ0n) is 18.2. The summed E-state index contributed by atoms with van der Waals surface area (Å²) in [5.41, 5.74) is 3.91. The first kappa shape index (κ1) is 22.2. The van der Waals surface area contributed by atoms with Crippen LogP contribution in [-0.4, -0.2) is 72.4 Å². The zero-order valence-corrected chi connectivity index (χ0v) is 19.7. The lowest BCUT2D eigenvalue weighted by Crippen LogP contribution is -2.42. The fourth-order valence-corrected chi connectivity index (χ4v) is 4.81. The van der Waals surface area contributed by atoms with Crippen molar-refractivity contribution in [2.75, 3.05) is 46.5 Å². The molecule has 5 rings (SSSR count). The van der Waals surface area contributed by atoms with Crippen LogP contribution in [0.3, 0.4) is 0 Å². The third-order valence-electron chi connectivity index (χ3n) is 6.25.